The van der Waals surface area contributed by atoms with Crippen molar-refractivity contribution in [2.24, 2.45) is 0 Å². The van der Waals surface area contributed by atoms with Gasteiger partial charge in [0.05, 0.1) is 15.5 Å². The fraction of sp³-hybridized carbons (Fsp3) is 0.409. The summed E-state index contributed by atoms with van der Waals surface area (Å²) in [6.07, 6.45) is -3.58. The Bertz CT molecular complexity index is 1230. The van der Waals surface area contributed by atoms with E-state index in [9.17, 15) is 31.7 Å². The number of fused-ring (bicyclic) bond motifs is 1. The SMILES string of the molecule is CC1CCc2c(N3CCNCC3)cccc2N1S(=O)(=O)c1cccc([N+](=O)[O-])c1.O=C(O)C(F)(F)F. The van der Waals surface area contributed by atoms with Crippen LogP contribution in [0.25, 0.3) is 0 Å². The molecule has 0 bridgehead atoms. The van der Waals surface area contributed by atoms with Gasteiger partial charge in [-0.2, -0.15) is 13.2 Å². The van der Waals surface area contributed by atoms with E-state index in [0.29, 0.717) is 12.1 Å². The first-order chi connectivity index (χ1) is 16.8. The molecular weight excluding hydrogens is 505 g/mol. The number of nitro benzene ring substituents is 1. The number of hydrogen-bond acceptors (Lipinski definition) is 7. The van der Waals surface area contributed by atoms with E-state index in [1.165, 1.54) is 22.5 Å². The van der Waals surface area contributed by atoms with E-state index in [2.05, 4.69) is 16.3 Å². The molecule has 0 radical (unpaired) electrons. The van der Waals surface area contributed by atoms with Crippen molar-refractivity contribution in [1.82, 2.24) is 5.32 Å². The maximum atomic E-state index is 13.5. The summed E-state index contributed by atoms with van der Waals surface area (Å²) in [4.78, 5) is 21.7. The van der Waals surface area contributed by atoms with Gasteiger partial charge in [0.2, 0.25) is 0 Å². The number of alkyl halides is 3. The highest BCUT2D eigenvalue weighted by atomic mass is 32.2. The molecule has 0 spiro atoms. The Hall–Kier alpha value is -3.39. The van der Waals surface area contributed by atoms with Crippen LogP contribution in [0.5, 0.6) is 0 Å². The summed E-state index contributed by atoms with van der Waals surface area (Å²) in [6.45, 7) is 5.44. The Morgan fingerprint density at radius 2 is 1.72 bits per heavy atom. The molecule has 4 rings (SSSR count). The second kappa shape index (κ2) is 10.7. The molecule has 2 aliphatic rings. The first kappa shape index (κ1) is 27.2. The van der Waals surface area contributed by atoms with Gasteiger partial charge in [-0.3, -0.25) is 14.4 Å². The highest BCUT2D eigenvalue weighted by Gasteiger charge is 2.38. The lowest BCUT2D eigenvalue weighted by Gasteiger charge is -2.39. The molecule has 1 atom stereocenters. The minimum Gasteiger partial charge on any atom is -0.475 e. The summed E-state index contributed by atoms with van der Waals surface area (Å²) in [6, 6.07) is 10.8. The number of carboxylic acid groups (broad SMARTS) is 1. The number of anilines is 2. The molecular formula is C22H25F3N4O6S. The number of nitrogens with one attached hydrogen (secondary N) is 1. The van der Waals surface area contributed by atoms with Gasteiger partial charge in [0.25, 0.3) is 15.7 Å². The Kier molecular flexibility index (Phi) is 8.09. The summed E-state index contributed by atoms with van der Waals surface area (Å²) >= 11 is 0. The molecule has 10 nitrogen and oxygen atoms in total. The van der Waals surface area contributed by atoms with Crippen molar-refractivity contribution in [2.45, 2.75) is 36.9 Å². The van der Waals surface area contributed by atoms with Gasteiger partial charge >= 0.3 is 12.1 Å². The predicted molar refractivity (Wildman–Crippen MR) is 126 cm³/mol. The molecule has 0 aliphatic carbocycles. The van der Waals surface area contributed by atoms with E-state index in [4.69, 9.17) is 9.90 Å². The molecule has 2 heterocycles. The topological polar surface area (TPSA) is 133 Å². The van der Waals surface area contributed by atoms with Crippen molar-refractivity contribution in [3.8, 4) is 0 Å². The quantitative estimate of drug-likeness (QED) is 0.455. The standard InChI is InChI=1S/C20H24N4O4S.C2HF3O2/c1-15-8-9-18-19(22-12-10-21-11-13-22)6-3-7-20(18)23(15)29(27,28)17-5-2-4-16(14-17)24(25)26;3-2(4,5)1(6)7/h2-7,14-15,21H,8-13H2,1H3;(H,6,7). The summed E-state index contributed by atoms with van der Waals surface area (Å²) in [7, 11) is -3.93. The largest absolute Gasteiger partial charge is 0.490 e. The van der Waals surface area contributed by atoms with E-state index in [0.717, 1.165) is 49.9 Å². The van der Waals surface area contributed by atoms with Crippen LogP contribution in [0.2, 0.25) is 0 Å². The lowest BCUT2D eigenvalue weighted by Crippen LogP contribution is -2.45. The monoisotopic (exact) mass is 530 g/mol. The number of nitrogens with zero attached hydrogens (tertiary/aromatic N) is 3. The van der Waals surface area contributed by atoms with Gasteiger partial charge in [-0.15, -0.1) is 0 Å². The van der Waals surface area contributed by atoms with Crippen molar-refractivity contribution >= 4 is 33.1 Å². The van der Waals surface area contributed by atoms with Crippen LogP contribution in [0.15, 0.2) is 47.4 Å². The highest BCUT2D eigenvalue weighted by molar-refractivity contribution is 7.92. The summed E-state index contributed by atoms with van der Waals surface area (Å²) in [5.41, 5.74) is 2.55. The number of sulfonamides is 1. The summed E-state index contributed by atoms with van der Waals surface area (Å²) in [5.74, 6) is -2.76. The molecule has 2 N–H and O–H groups in total. The van der Waals surface area contributed by atoms with Crippen molar-refractivity contribution < 1.29 is 36.4 Å². The number of carboxylic acids is 1. The molecule has 14 heteroatoms. The lowest BCUT2D eigenvalue weighted by molar-refractivity contribution is -0.385. The van der Waals surface area contributed by atoms with Crippen LogP contribution >= 0.6 is 0 Å². The number of halogens is 3. The molecule has 0 amide bonds. The first-order valence-corrected chi connectivity index (χ1v) is 12.4. The normalized spacial score (nSPS) is 18.1. The highest BCUT2D eigenvalue weighted by Crippen LogP contribution is 2.40. The number of benzene rings is 2. The molecule has 36 heavy (non-hydrogen) atoms. The average molecular weight is 531 g/mol. The minimum atomic E-state index is -5.08. The molecule has 1 unspecified atom stereocenters. The molecule has 1 fully saturated rings. The fourth-order valence-electron chi connectivity index (χ4n) is 4.17. The van der Waals surface area contributed by atoms with Gasteiger partial charge in [-0.05, 0) is 43.5 Å². The lowest BCUT2D eigenvalue weighted by atomic mass is 9.96. The second-order valence-electron chi connectivity index (χ2n) is 8.26. The Balaban J connectivity index is 0.000000454. The molecule has 2 aromatic carbocycles. The number of carbonyl (C=O) groups is 1. The third-order valence-corrected chi connectivity index (χ3v) is 7.79. The van der Waals surface area contributed by atoms with E-state index in [1.807, 2.05) is 19.1 Å². The van der Waals surface area contributed by atoms with Crippen LogP contribution in [-0.2, 0) is 21.2 Å². The van der Waals surface area contributed by atoms with Gasteiger partial charge < -0.3 is 15.3 Å². The maximum Gasteiger partial charge on any atom is 0.490 e. The second-order valence-corrected chi connectivity index (χ2v) is 10.1. The molecule has 0 aromatic heterocycles. The van der Waals surface area contributed by atoms with Crippen molar-refractivity contribution in [3.05, 3.63) is 58.1 Å². The minimum absolute atomic E-state index is 0.0565. The Labute approximate surface area is 205 Å². The molecule has 1 saturated heterocycles. The molecule has 0 saturated carbocycles. The van der Waals surface area contributed by atoms with Crippen molar-refractivity contribution in [2.75, 3.05) is 35.4 Å². The first-order valence-electron chi connectivity index (χ1n) is 11.0. The van der Waals surface area contributed by atoms with E-state index < -0.39 is 27.1 Å². The zero-order valence-corrected chi connectivity index (χ0v) is 20.1. The van der Waals surface area contributed by atoms with E-state index in [-0.39, 0.29) is 16.6 Å². The van der Waals surface area contributed by atoms with Gasteiger partial charge in [-0.25, -0.2) is 13.2 Å². The van der Waals surface area contributed by atoms with E-state index >= 15 is 0 Å². The van der Waals surface area contributed by atoms with Crippen LogP contribution in [0.4, 0.5) is 30.2 Å². The number of piperazine rings is 1. The van der Waals surface area contributed by atoms with Crippen molar-refractivity contribution in [1.29, 1.82) is 0 Å². The van der Waals surface area contributed by atoms with Gasteiger partial charge in [0.1, 0.15) is 0 Å². The molecule has 2 aromatic rings. The molecule has 196 valence electrons. The van der Waals surface area contributed by atoms with E-state index in [1.54, 1.807) is 0 Å². The van der Waals surface area contributed by atoms with Gasteiger partial charge in [0.15, 0.2) is 0 Å². The van der Waals surface area contributed by atoms with Crippen LogP contribution in [-0.4, -0.2) is 62.8 Å². The predicted octanol–water partition coefficient (Wildman–Crippen LogP) is 3.17. The van der Waals surface area contributed by atoms with Gasteiger partial charge in [-0.1, -0.05) is 12.1 Å². The number of nitro groups is 1. The van der Waals surface area contributed by atoms with Crippen LogP contribution in [0, 0.1) is 10.1 Å². The summed E-state index contributed by atoms with van der Waals surface area (Å²) in [5, 5.41) is 21.6. The Morgan fingerprint density at radius 1 is 1.14 bits per heavy atom. The van der Waals surface area contributed by atoms with Crippen LogP contribution < -0.4 is 14.5 Å². The number of aliphatic carboxylic acids is 1. The number of rotatable bonds is 4. The Morgan fingerprint density at radius 3 is 2.31 bits per heavy atom. The molecule has 2 aliphatic heterocycles. The number of hydrogen-bond donors (Lipinski definition) is 2. The fourth-order valence-corrected chi connectivity index (χ4v) is 5.93. The third kappa shape index (κ3) is 5.87. The van der Waals surface area contributed by atoms with Gasteiger partial charge in [0, 0.05) is 50.0 Å². The van der Waals surface area contributed by atoms with Crippen LogP contribution in [0.3, 0.4) is 0 Å². The number of non-ortho nitro benzene ring substituents is 1. The summed E-state index contributed by atoms with van der Waals surface area (Å²) < 4.78 is 60.2. The van der Waals surface area contributed by atoms with Crippen LogP contribution in [0.1, 0.15) is 18.9 Å². The van der Waals surface area contributed by atoms with Crippen molar-refractivity contribution in [3.63, 3.8) is 0 Å². The third-order valence-electron chi connectivity index (χ3n) is 5.86. The average Bonchev–Trinajstić information content (AvgIpc) is 2.83. The maximum absolute atomic E-state index is 13.5. The smallest absolute Gasteiger partial charge is 0.475 e. The zero-order valence-electron chi connectivity index (χ0n) is 19.2. The zero-order chi connectivity index (χ0) is 26.7.